The lowest BCUT2D eigenvalue weighted by Crippen LogP contribution is -2.08. The Kier molecular flexibility index (Phi) is 4.13. The van der Waals surface area contributed by atoms with Crippen LogP contribution in [-0.4, -0.2) is 0 Å². The van der Waals surface area contributed by atoms with Crippen LogP contribution in [0.4, 0.5) is 22.0 Å². The topological polar surface area (TPSA) is 35.2 Å². The summed E-state index contributed by atoms with van der Waals surface area (Å²) in [5, 5.41) is 0. The second-order valence-electron chi connectivity index (χ2n) is 4.24. The van der Waals surface area contributed by atoms with Gasteiger partial charge in [-0.1, -0.05) is 0 Å². The van der Waals surface area contributed by atoms with Crippen molar-refractivity contribution in [3.63, 3.8) is 0 Å². The quantitative estimate of drug-likeness (QED) is 0.861. The number of hydrogen-bond acceptors (Lipinski definition) is 2. The van der Waals surface area contributed by atoms with Gasteiger partial charge in [0.25, 0.3) is 0 Å². The SMILES string of the molecule is NCc1cc(F)cc(Oc2ccc(F)c(C(F)(F)F)c2)c1. The summed E-state index contributed by atoms with van der Waals surface area (Å²) in [5.74, 6) is -2.31. The van der Waals surface area contributed by atoms with E-state index >= 15 is 0 Å². The van der Waals surface area contributed by atoms with Crippen molar-refractivity contribution in [1.29, 1.82) is 0 Å². The Labute approximate surface area is 116 Å². The molecule has 0 unspecified atom stereocenters. The fourth-order valence-corrected chi connectivity index (χ4v) is 1.72. The van der Waals surface area contributed by atoms with Gasteiger partial charge in [-0.25, -0.2) is 8.78 Å². The Hall–Kier alpha value is -2.15. The maximum Gasteiger partial charge on any atom is 0.419 e. The molecule has 0 fully saturated rings. The fourth-order valence-electron chi connectivity index (χ4n) is 1.72. The Morgan fingerprint density at radius 2 is 1.67 bits per heavy atom. The molecule has 2 rings (SSSR count). The van der Waals surface area contributed by atoms with Crippen molar-refractivity contribution in [3.05, 3.63) is 59.2 Å². The number of benzene rings is 2. The molecule has 0 saturated heterocycles. The van der Waals surface area contributed by atoms with Crippen molar-refractivity contribution in [2.75, 3.05) is 0 Å². The van der Waals surface area contributed by atoms with Gasteiger partial charge in [0.15, 0.2) is 0 Å². The molecule has 112 valence electrons. The van der Waals surface area contributed by atoms with E-state index in [0.717, 1.165) is 12.1 Å². The minimum Gasteiger partial charge on any atom is -0.457 e. The van der Waals surface area contributed by atoms with Gasteiger partial charge >= 0.3 is 6.18 Å². The molecule has 0 aliphatic carbocycles. The van der Waals surface area contributed by atoms with Crippen molar-refractivity contribution in [2.45, 2.75) is 12.7 Å². The molecule has 7 heteroatoms. The highest BCUT2D eigenvalue weighted by atomic mass is 19.4. The molecule has 0 aliphatic heterocycles. The Morgan fingerprint density at radius 3 is 2.29 bits per heavy atom. The second-order valence-corrected chi connectivity index (χ2v) is 4.24. The molecule has 21 heavy (non-hydrogen) atoms. The molecule has 0 spiro atoms. The summed E-state index contributed by atoms with van der Waals surface area (Å²) < 4.78 is 69.3. The summed E-state index contributed by atoms with van der Waals surface area (Å²) in [6.45, 7) is 0.0470. The second kappa shape index (κ2) is 5.69. The monoisotopic (exact) mass is 303 g/mol. The zero-order valence-corrected chi connectivity index (χ0v) is 10.5. The van der Waals surface area contributed by atoms with Gasteiger partial charge in [0.05, 0.1) is 5.56 Å². The van der Waals surface area contributed by atoms with Crippen molar-refractivity contribution < 1.29 is 26.7 Å². The van der Waals surface area contributed by atoms with Crippen molar-refractivity contribution in [3.8, 4) is 11.5 Å². The van der Waals surface area contributed by atoms with Gasteiger partial charge in [-0.2, -0.15) is 13.2 Å². The maximum atomic E-state index is 13.3. The van der Waals surface area contributed by atoms with Crippen LogP contribution in [0, 0.1) is 11.6 Å². The highest BCUT2D eigenvalue weighted by molar-refractivity contribution is 5.37. The lowest BCUT2D eigenvalue weighted by atomic mass is 10.2. The fraction of sp³-hybridized carbons (Fsp3) is 0.143. The van der Waals surface area contributed by atoms with Gasteiger partial charge in [-0.15, -0.1) is 0 Å². The Balaban J connectivity index is 2.34. The molecule has 0 heterocycles. The Morgan fingerprint density at radius 1 is 0.952 bits per heavy atom. The van der Waals surface area contributed by atoms with E-state index in [4.69, 9.17) is 10.5 Å². The van der Waals surface area contributed by atoms with Crippen LogP contribution in [0.5, 0.6) is 11.5 Å². The van der Waals surface area contributed by atoms with Crippen LogP contribution in [0.15, 0.2) is 36.4 Å². The van der Waals surface area contributed by atoms with Crippen LogP contribution in [0.1, 0.15) is 11.1 Å². The zero-order chi connectivity index (χ0) is 15.6. The first-order chi connectivity index (χ1) is 9.79. The highest BCUT2D eigenvalue weighted by Crippen LogP contribution is 2.35. The number of ether oxygens (including phenoxy) is 1. The summed E-state index contributed by atoms with van der Waals surface area (Å²) in [6, 6.07) is 5.75. The van der Waals surface area contributed by atoms with Gasteiger partial charge in [-0.3, -0.25) is 0 Å². The van der Waals surface area contributed by atoms with Crippen LogP contribution in [-0.2, 0) is 12.7 Å². The summed E-state index contributed by atoms with van der Waals surface area (Å²) in [7, 11) is 0. The van der Waals surface area contributed by atoms with E-state index < -0.39 is 23.4 Å². The molecule has 0 bridgehead atoms. The first kappa shape index (κ1) is 15.2. The molecule has 2 aromatic rings. The number of hydrogen-bond donors (Lipinski definition) is 1. The molecular formula is C14H10F5NO. The van der Waals surface area contributed by atoms with Crippen molar-refractivity contribution in [2.24, 2.45) is 5.73 Å². The largest absolute Gasteiger partial charge is 0.457 e. The maximum absolute atomic E-state index is 13.3. The molecule has 2 aromatic carbocycles. The third kappa shape index (κ3) is 3.69. The predicted octanol–water partition coefficient (Wildman–Crippen LogP) is 4.23. The molecule has 0 aliphatic rings. The van der Waals surface area contributed by atoms with Gasteiger partial charge in [-0.05, 0) is 35.9 Å². The molecule has 0 radical (unpaired) electrons. The summed E-state index contributed by atoms with van der Waals surface area (Å²) >= 11 is 0. The average molecular weight is 303 g/mol. The highest BCUT2D eigenvalue weighted by Gasteiger charge is 2.34. The summed E-state index contributed by atoms with van der Waals surface area (Å²) in [4.78, 5) is 0. The Bertz CT molecular complexity index is 654. The average Bonchev–Trinajstić information content (AvgIpc) is 2.39. The summed E-state index contributed by atoms with van der Waals surface area (Å²) in [6.07, 6.45) is -4.84. The van der Waals surface area contributed by atoms with E-state index in [1.807, 2.05) is 0 Å². The molecule has 0 aromatic heterocycles. The van der Waals surface area contributed by atoms with E-state index in [9.17, 15) is 22.0 Å². The van der Waals surface area contributed by atoms with E-state index in [0.29, 0.717) is 17.7 Å². The van der Waals surface area contributed by atoms with Crippen molar-refractivity contribution >= 4 is 0 Å². The normalized spacial score (nSPS) is 11.5. The zero-order valence-electron chi connectivity index (χ0n) is 10.5. The van der Waals surface area contributed by atoms with Crippen LogP contribution >= 0.6 is 0 Å². The minimum absolute atomic E-state index is 0.0183. The molecule has 0 amide bonds. The lowest BCUT2D eigenvalue weighted by Gasteiger charge is -2.11. The lowest BCUT2D eigenvalue weighted by molar-refractivity contribution is -0.140. The molecule has 0 saturated carbocycles. The first-order valence-corrected chi connectivity index (χ1v) is 5.84. The van der Waals surface area contributed by atoms with Gasteiger partial charge in [0.2, 0.25) is 0 Å². The molecular weight excluding hydrogens is 293 g/mol. The third-order valence-corrected chi connectivity index (χ3v) is 2.65. The van der Waals surface area contributed by atoms with Gasteiger partial charge < -0.3 is 10.5 Å². The molecule has 0 atom stereocenters. The van der Waals surface area contributed by atoms with E-state index in [1.54, 1.807) is 0 Å². The third-order valence-electron chi connectivity index (χ3n) is 2.65. The molecule has 2 N–H and O–H groups in total. The first-order valence-electron chi connectivity index (χ1n) is 5.84. The minimum atomic E-state index is -4.84. The predicted molar refractivity (Wildman–Crippen MR) is 65.8 cm³/mol. The van der Waals surface area contributed by atoms with Crippen LogP contribution in [0.2, 0.25) is 0 Å². The van der Waals surface area contributed by atoms with Crippen LogP contribution in [0.25, 0.3) is 0 Å². The van der Waals surface area contributed by atoms with E-state index in [-0.39, 0.29) is 18.0 Å². The van der Waals surface area contributed by atoms with Crippen LogP contribution < -0.4 is 10.5 Å². The van der Waals surface area contributed by atoms with Gasteiger partial charge in [0.1, 0.15) is 23.1 Å². The smallest absolute Gasteiger partial charge is 0.419 e. The number of rotatable bonds is 3. The molecule has 2 nitrogen and oxygen atoms in total. The number of nitrogens with two attached hydrogens (primary N) is 1. The van der Waals surface area contributed by atoms with E-state index in [1.165, 1.54) is 12.1 Å². The summed E-state index contributed by atoms with van der Waals surface area (Å²) in [5.41, 5.74) is 4.33. The van der Waals surface area contributed by atoms with Gasteiger partial charge in [0, 0.05) is 12.6 Å². The van der Waals surface area contributed by atoms with Crippen LogP contribution in [0.3, 0.4) is 0 Å². The van der Waals surface area contributed by atoms with E-state index in [2.05, 4.69) is 0 Å². The number of halogens is 5. The number of alkyl halides is 3. The standard InChI is InChI=1S/C14H10F5NO/c15-9-3-8(7-20)4-11(5-9)21-10-1-2-13(16)12(6-10)14(17,18)19/h1-6H,7,20H2. The van der Waals surface area contributed by atoms with Crippen molar-refractivity contribution in [1.82, 2.24) is 0 Å².